The van der Waals surface area contributed by atoms with Crippen molar-refractivity contribution in [1.82, 2.24) is 19.8 Å². The molecule has 2 aromatic carbocycles. The van der Waals surface area contributed by atoms with Crippen LogP contribution in [0, 0.1) is 13.8 Å². The second-order valence-electron chi connectivity index (χ2n) is 8.16. The van der Waals surface area contributed by atoms with Crippen LogP contribution in [0.25, 0.3) is 0 Å². The van der Waals surface area contributed by atoms with Gasteiger partial charge in [-0.1, -0.05) is 30.3 Å². The van der Waals surface area contributed by atoms with Crippen LogP contribution < -0.4 is 10.0 Å². The zero-order valence-corrected chi connectivity index (χ0v) is 19.5. The van der Waals surface area contributed by atoms with E-state index < -0.39 is 10.0 Å². The topological polar surface area (TPSA) is 81.7 Å². The molecule has 7 nitrogen and oxygen atoms in total. The van der Waals surface area contributed by atoms with Gasteiger partial charge in [0.05, 0.1) is 10.9 Å². The summed E-state index contributed by atoms with van der Waals surface area (Å²) >= 11 is 0. The largest absolute Gasteiger partial charge is 0.344 e. The van der Waals surface area contributed by atoms with Gasteiger partial charge in [-0.2, -0.15) is 0 Å². The van der Waals surface area contributed by atoms with E-state index in [1.165, 1.54) is 13.1 Å². The number of amides is 1. The molecule has 3 rings (SSSR count). The number of carbonyl (C=O) groups is 1. The third-order valence-corrected chi connectivity index (χ3v) is 7.52. The first-order valence-electron chi connectivity index (χ1n) is 10.5. The second kappa shape index (κ2) is 9.91. The average molecular weight is 445 g/mol. The number of nitrogens with one attached hydrogen (secondary N) is 2. The summed E-state index contributed by atoms with van der Waals surface area (Å²) in [5, 5.41) is 3.14. The summed E-state index contributed by atoms with van der Waals surface area (Å²) < 4.78 is 27.2. The maximum atomic E-state index is 13.2. The van der Waals surface area contributed by atoms with Gasteiger partial charge in [-0.3, -0.25) is 9.69 Å². The molecule has 1 aliphatic rings. The second-order valence-corrected chi connectivity index (χ2v) is 10.0. The van der Waals surface area contributed by atoms with Crippen LogP contribution in [0.1, 0.15) is 33.1 Å². The van der Waals surface area contributed by atoms with Crippen LogP contribution in [0.2, 0.25) is 0 Å². The zero-order valence-electron chi connectivity index (χ0n) is 18.7. The van der Waals surface area contributed by atoms with Gasteiger partial charge in [0.2, 0.25) is 10.0 Å². The van der Waals surface area contributed by atoms with Gasteiger partial charge < -0.3 is 10.2 Å². The van der Waals surface area contributed by atoms with Crippen molar-refractivity contribution in [3.05, 3.63) is 64.7 Å². The molecule has 0 bridgehead atoms. The Bertz CT molecular complexity index is 1020. The third kappa shape index (κ3) is 5.71. The number of hydrogen-bond donors (Lipinski definition) is 2. The number of sulfonamides is 1. The Morgan fingerprint density at radius 3 is 2.32 bits per heavy atom. The Morgan fingerprint density at radius 1 is 1.06 bits per heavy atom. The third-order valence-electron chi connectivity index (χ3n) is 5.98. The van der Waals surface area contributed by atoms with Gasteiger partial charge in [0.15, 0.2) is 0 Å². The predicted molar refractivity (Wildman–Crippen MR) is 123 cm³/mol. The molecular formula is C23H32N4O3S. The van der Waals surface area contributed by atoms with E-state index in [0.717, 1.165) is 37.3 Å². The van der Waals surface area contributed by atoms with Gasteiger partial charge in [0.1, 0.15) is 0 Å². The Balaban J connectivity index is 1.87. The summed E-state index contributed by atoms with van der Waals surface area (Å²) in [5.41, 5.74) is 2.78. The van der Waals surface area contributed by atoms with Gasteiger partial charge in [0.25, 0.3) is 5.91 Å². The minimum atomic E-state index is -3.66. The first-order chi connectivity index (χ1) is 14.7. The highest BCUT2D eigenvalue weighted by atomic mass is 32.2. The lowest BCUT2D eigenvalue weighted by molar-refractivity contribution is 0.0907. The number of aryl methyl sites for hydroxylation is 1. The van der Waals surface area contributed by atoms with Crippen molar-refractivity contribution >= 4 is 15.9 Å². The van der Waals surface area contributed by atoms with E-state index in [2.05, 4.69) is 26.9 Å². The minimum absolute atomic E-state index is 0.135. The summed E-state index contributed by atoms with van der Waals surface area (Å²) in [5.74, 6) is -0.279. The van der Waals surface area contributed by atoms with Crippen LogP contribution in [-0.2, 0) is 10.0 Å². The standard InChI is InChI=1S/C23H32N4O3S/c1-17-14-20(15-22(18(17)2)31(29,30)24-3)23(28)25-21(19-8-6-5-7-9-19)16-27-12-10-26(4)11-13-27/h5-9,14-15,21,24H,10-13,16H2,1-4H3,(H,25,28). The quantitative estimate of drug-likeness (QED) is 0.682. The fourth-order valence-corrected chi connectivity index (χ4v) is 4.86. The SMILES string of the molecule is CNS(=O)(=O)c1cc(C(=O)NC(CN2CCN(C)CC2)c2ccccc2)cc(C)c1C. The molecule has 1 amide bonds. The Kier molecular flexibility index (Phi) is 7.48. The van der Waals surface area contributed by atoms with E-state index in [4.69, 9.17) is 0 Å². The first-order valence-corrected chi connectivity index (χ1v) is 12.0. The van der Waals surface area contributed by atoms with Crippen LogP contribution >= 0.6 is 0 Å². The van der Waals surface area contributed by atoms with E-state index in [-0.39, 0.29) is 16.8 Å². The van der Waals surface area contributed by atoms with Crippen LogP contribution in [0.3, 0.4) is 0 Å². The van der Waals surface area contributed by atoms with Gasteiger partial charge in [0, 0.05) is 38.3 Å². The number of rotatable bonds is 7. The van der Waals surface area contributed by atoms with Gasteiger partial charge in [-0.25, -0.2) is 13.1 Å². The van der Waals surface area contributed by atoms with E-state index >= 15 is 0 Å². The van der Waals surface area contributed by atoms with Crippen molar-refractivity contribution in [2.45, 2.75) is 24.8 Å². The smallest absolute Gasteiger partial charge is 0.251 e. The fourth-order valence-electron chi connectivity index (χ4n) is 3.80. The Labute approximate surface area is 185 Å². The van der Waals surface area contributed by atoms with Crippen LogP contribution in [0.5, 0.6) is 0 Å². The highest BCUT2D eigenvalue weighted by Crippen LogP contribution is 2.22. The van der Waals surface area contributed by atoms with Crippen LogP contribution in [0.15, 0.2) is 47.4 Å². The lowest BCUT2D eigenvalue weighted by Gasteiger charge is -2.35. The molecule has 1 fully saturated rings. The van der Waals surface area contributed by atoms with E-state index in [1.807, 2.05) is 37.3 Å². The summed E-state index contributed by atoms with van der Waals surface area (Å²) in [6, 6.07) is 12.9. The van der Waals surface area contributed by atoms with Crippen molar-refractivity contribution in [3.8, 4) is 0 Å². The summed E-state index contributed by atoms with van der Waals surface area (Å²) in [6.45, 7) is 8.17. The number of likely N-dealkylation sites (N-methyl/N-ethyl adjacent to an activating group) is 1. The minimum Gasteiger partial charge on any atom is -0.344 e. The lowest BCUT2D eigenvalue weighted by Crippen LogP contribution is -2.47. The molecule has 0 aromatic heterocycles. The maximum absolute atomic E-state index is 13.2. The van der Waals surface area contributed by atoms with Crippen molar-refractivity contribution in [3.63, 3.8) is 0 Å². The molecule has 1 saturated heterocycles. The molecule has 31 heavy (non-hydrogen) atoms. The van der Waals surface area contributed by atoms with Crippen LogP contribution in [0.4, 0.5) is 0 Å². The number of nitrogens with zero attached hydrogens (tertiary/aromatic N) is 2. The fraction of sp³-hybridized carbons (Fsp3) is 0.435. The number of carbonyl (C=O) groups excluding carboxylic acids is 1. The highest BCUT2D eigenvalue weighted by Gasteiger charge is 2.24. The Morgan fingerprint density at radius 2 is 1.71 bits per heavy atom. The molecule has 2 aromatic rings. The predicted octanol–water partition coefficient (Wildman–Crippen LogP) is 1.93. The van der Waals surface area contributed by atoms with Crippen molar-refractivity contribution < 1.29 is 13.2 Å². The molecular weight excluding hydrogens is 412 g/mol. The summed E-state index contributed by atoms with van der Waals surface area (Å²) in [4.78, 5) is 18.0. The average Bonchev–Trinajstić information content (AvgIpc) is 2.77. The first kappa shape index (κ1) is 23.4. The molecule has 0 spiro atoms. The molecule has 1 heterocycles. The zero-order chi connectivity index (χ0) is 22.6. The monoisotopic (exact) mass is 444 g/mol. The van der Waals surface area contributed by atoms with Crippen LogP contribution in [-0.4, -0.2) is 70.9 Å². The Hall–Kier alpha value is -2.26. The maximum Gasteiger partial charge on any atom is 0.251 e. The van der Waals surface area contributed by atoms with Crippen molar-refractivity contribution in [2.75, 3.05) is 46.8 Å². The lowest BCUT2D eigenvalue weighted by atomic mass is 10.0. The molecule has 8 heteroatoms. The van der Waals surface area contributed by atoms with Gasteiger partial charge >= 0.3 is 0 Å². The number of piperazine rings is 1. The van der Waals surface area contributed by atoms with E-state index in [1.54, 1.807) is 13.0 Å². The molecule has 1 atom stereocenters. The molecule has 0 radical (unpaired) electrons. The van der Waals surface area contributed by atoms with Crippen molar-refractivity contribution in [2.24, 2.45) is 0 Å². The molecule has 1 unspecified atom stereocenters. The molecule has 0 saturated carbocycles. The number of hydrogen-bond acceptors (Lipinski definition) is 5. The normalized spacial score (nSPS) is 16.8. The molecule has 0 aliphatic carbocycles. The number of benzene rings is 2. The molecule has 168 valence electrons. The molecule has 1 aliphatic heterocycles. The van der Waals surface area contributed by atoms with E-state index in [9.17, 15) is 13.2 Å². The summed E-state index contributed by atoms with van der Waals surface area (Å²) in [6.07, 6.45) is 0. The highest BCUT2D eigenvalue weighted by molar-refractivity contribution is 7.89. The summed E-state index contributed by atoms with van der Waals surface area (Å²) in [7, 11) is -0.170. The van der Waals surface area contributed by atoms with E-state index in [0.29, 0.717) is 17.7 Å². The van der Waals surface area contributed by atoms with Crippen molar-refractivity contribution in [1.29, 1.82) is 0 Å². The van der Waals surface area contributed by atoms with Gasteiger partial charge in [-0.15, -0.1) is 0 Å². The molecule has 2 N–H and O–H groups in total. The van der Waals surface area contributed by atoms with Gasteiger partial charge in [-0.05, 0) is 56.8 Å².